The van der Waals surface area contributed by atoms with Gasteiger partial charge >= 0.3 is 0 Å². The van der Waals surface area contributed by atoms with Crippen molar-refractivity contribution < 1.29 is 9.59 Å². The smallest absolute Gasteiger partial charge is 0.259 e. The van der Waals surface area contributed by atoms with Crippen LogP contribution in [0.3, 0.4) is 0 Å². The Morgan fingerprint density at radius 3 is 2.22 bits per heavy atom. The molecule has 2 amide bonds. The molecule has 1 aliphatic heterocycles. The van der Waals surface area contributed by atoms with Gasteiger partial charge in [0.25, 0.3) is 11.8 Å². The van der Waals surface area contributed by atoms with Crippen LogP contribution in [0.4, 0.5) is 0 Å². The van der Waals surface area contributed by atoms with E-state index in [9.17, 15) is 14.4 Å². The van der Waals surface area contributed by atoms with Crippen LogP contribution < -0.4 is 10.7 Å². The van der Waals surface area contributed by atoms with Crippen LogP contribution in [-0.2, 0) is 6.54 Å². The lowest BCUT2D eigenvalue weighted by molar-refractivity contribution is 0.0648. The molecule has 0 saturated carbocycles. The fraction of sp³-hybridized carbons (Fsp3) is 0.233. The third-order valence-electron chi connectivity index (χ3n) is 6.30. The van der Waals surface area contributed by atoms with Gasteiger partial charge in [-0.25, -0.2) is 0 Å². The maximum Gasteiger partial charge on any atom is 0.259 e. The summed E-state index contributed by atoms with van der Waals surface area (Å²) in [4.78, 5) is 43.4. The molecule has 2 heterocycles. The molecule has 37 heavy (non-hydrogen) atoms. The SMILES string of the molecule is C=CCNC(=O)c1cn(Cc2ccccc2)cc(C(=O)N2CCN(C/C=C/c3ccccc3)CC2)c1=O. The Morgan fingerprint density at radius 1 is 0.892 bits per heavy atom. The molecule has 1 fully saturated rings. The lowest BCUT2D eigenvalue weighted by atomic mass is 10.1. The molecule has 0 bridgehead atoms. The second-order valence-corrected chi connectivity index (χ2v) is 8.98. The zero-order valence-corrected chi connectivity index (χ0v) is 20.9. The molecule has 7 nitrogen and oxygen atoms in total. The standard InChI is InChI=1S/C30H32N4O3/c1-2-15-31-29(36)26-22-33(21-25-12-7-4-8-13-25)23-27(28(26)35)30(37)34-19-17-32(18-20-34)16-9-14-24-10-5-3-6-11-24/h2-14,22-23H,1,15-21H2,(H,31,36)/b14-9+. The first kappa shape index (κ1) is 25.9. The molecule has 0 spiro atoms. The molecular formula is C30H32N4O3. The van der Waals surface area contributed by atoms with Crippen molar-refractivity contribution in [3.8, 4) is 0 Å². The zero-order valence-electron chi connectivity index (χ0n) is 20.9. The van der Waals surface area contributed by atoms with Gasteiger partial charge < -0.3 is 14.8 Å². The van der Waals surface area contributed by atoms with E-state index in [1.165, 1.54) is 6.20 Å². The van der Waals surface area contributed by atoms with Crippen molar-refractivity contribution in [2.45, 2.75) is 6.54 Å². The van der Waals surface area contributed by atoms with Gasteiger partial charge in [-0.15, -0.1) is 6.58 Å². The molecule has 0 radical (unpaired) electrons. The number of aromatic nitrogens is 1. The first-order chi connectivity index (χ1) is 18.0. The highest BCUT2D eigenvalue weighted by atomic mass is 16.2. The Hall–Kier alpha value is -4.23. The minimum absolute atomic E-state index is 0.0135. The number of nitrogens with one attached hydrogen (secondary N) is 1. The summed E-state index contributed by atoms with van der Waals surface area (Å²) >= 11 is 0. The third kappa shape index (κ3) is 6.92. The molecule has 1 N–H and O–H groups in total. The lowest BCUT2D eigenvalue weighted by Crippen LogP contribution is -2.49. The Bertz CT molecular complexity index is 1310. The summed E-state index contributed by atoms with van der Waals surface area (Å²) in [6.07, 6.45) is 8.85. The predicted molar refractivity (Wildman–Crippen MR) is 147 cm³/mol. The highest BCUT2D eigenvalue weighted by Gasteiger charge is 2.26. The molecular weight excluding hydrogens is 464 g/mol. The van der Waals surface area contributed by atoms with Crippen LogP contribution in [0.25, 0.3) is 6.08 Å². The molecule has 0 aliphatic carbocycles. The largest absolute Gasteiger partial charge is 0.348 e. The predicted octanol–water partition coefficient (Wildman–Crippen LogP) is 3.28. The maximum absolute atomic E-state index is 13.5. The Morgan fingerprint density at radius 2 is 1.54 bits per heavy atom. The number of piperazine rings is 1. The van der Waals surface area contributed by atoms with Gasteiger partial charge in [0.2, 0.25) is 5.43 Å². The fourth-order valence-electron chi connectivity index (χ4n) is 4.30. The number of carbonyl (C=O) groups is 2. The summed E-state index contributed by atoms with van der Waals surface area (Å²) in [6.45, 7) is 7.52. The van der Waals surface area contributed by atoms with Gasteiger partial charge in [-0.2, -0.15) is 0 Å². The molecule has 1 aromatic heterocycles. The second-order valence-electron chi connectivity index (χ2n) is 8.98. The van der Waals surface area contributed by atoms with Crippen LogP contribution in [0.5, 0.6) is 0 Å². The van der Waals surface area contributed by atoms with Crippen molar-refractivity contribution in [2.75, 3.05) is 39.3 Å². The van der Waals surface area contributed by atoms with Crippen LogP contribution in [0.2, 0.25) is 0 Å². The Balaban J connectivity index is 1.48. The van der Waals surface area contributed by atoms with Gasteiger partial charge in [0.1, 0.15) is 11.1 Å². The average Bonchev–Trinajstić information content (AvgIpc) is 2.93. The topological polar surface area (TPSA) is 74.7 Å². The molecule has 7 heteroatoms. The Labute approximate surface area is 217 Å². The van der Waals surface area contributed by atoms with Gasteiger partial charge in [-0.1, -0.05) is 78.9 Å². The number of pyridine rings is 1. The van der Waals surface area contributed by atoms with E-state index in [2.05, 4.69) is 41.1 Å². The van der Waals surface area contributed by atoms with Crippen molar-refractivity contribution in [1.82, 2.24) is 19.7 Å². The van der Waals surface area contributed by atoms with Gasteiger partial charge in [0.15, 0.2) is 0 Å². The highest BCUT2D eigenvalue weighted by molar-refractivity contribution is 5.99. The van der Waals surface area contributed by atoms with E-state index < -0.39 is 11.3 Å². The van der Waals surface area contributed by atoms with E-state index in [1.807, 2.05) is 48.5 Å². The minimum atomic E-state index is -0.552. The first-order valence-electron chi connectivity index (χ1n) is 12.5. The highest BCUT2D eigenvalue weighted by Crippen LogP contribution is 2.11. The molecule has 0 atom stereocenters. The number of rotatable bonds is 9. The maximum atomic E-state index is 13.5. The van der Waals surface area contributed by atoms with Gasteiger partial charge in [-0.05, 0) is 11.1 Å². The lowest BCUT2D eigenvalue weighted by Gasteiger charge is -2.34. The Kier molecular flexibility index (Phi) is 8.84. The van der Waals surface area contributed by atoms with E-state index in [0.29, 0.717) is 32.7 Å². The van der Waals surface area contributed by atoms with Crippen molar-refractivity contribution in [1.29, 1.82) is 0 Å². The quantitative estimate of drug-likeness (QED) is 0.462. The van der Waals surface area contributed by atoms with E-state index in [-0.39, 0.29) is 23.6 Å². The molecule has 1 saturated heterocycles. The summed E-state index contributed by atoms with van der Waals surface area (Å²) in [5.41, 5.74) is 1.57. The normalized spacial score (nSPS) is 14.0. The van der Waals surface area contributed by atoms with Gasteiger partial charge in [-0.3, -0.25) is 19.3 Å². The molecule has 0 unspecified atom stereocenters. The van der Waals surface area contributed by atoms with Crippen molar-refractivity contribution in [3.05, 3.63) is 124 Å². The number of benzene rings is 2. The molecule has 1 aliphatic rings. The van der Waals surface area contributed by atoms with Crippen LogP contribution in [0.1, 0.15) is 31.8 Å². The molecule has 4 rings (SSSR count). The van der Waals surface area contributed by atoms with E-state index in [4.69, 9.17) is 0 Å². The average molecular weight is 497 g/mol. The van der Waals surface area contributed by atoms with Crippen LogP contribution in [-0.4, -0.2) is 65.4 Å². The summed E-state index contributed by atoms with van der Waals surface area (Å²) in [5.74, 6) is -0.860. The molecule has 2 aromatic carbocycles. The first-order valence-corrected chi connectivity index (χ1v) is 12.5. The third-order valence-corrected chi connectivity index (χ3v) is 6.30. The summed E-state index contributed by atoms with van der Waals surface area (Å²) in [5, 5.41) is 2.66. The molecule has 190 valence electrons. The number of amides is 2. The minimum Gasteiger partial charge on any atom is -0.348 e. The van der Waals surface area contributed by atoms with Crippen molar-refractivity contribution in [2.24, 2.45) is 0 Å². The monoisotopic (exact) mass is 496 g/mol. The number of hydrogen-bond donors (Lipinski definition) is 1. The number of hydrogen-bond acceptors (Lipinski definition) is 4. The van der Waals surface area contributed by atoms with E-state index in [0.717, 1.165) is 17.7 Å². The fourth-order valence-corrected chi connectivity index (χ4v) is 4.30. The van der Waals surface area contributed by atoms with Gasteiger partial charge in [0.05, 0.1) is 0 Å². The van der Waals surface area contributed by atoms with Crippen molar-refractivity contribution >= 4 is 17.9 Å². The van der Waals surface area contributed by atoms with E-state index in [1.54, 1.807) is 21.7 Å². The summed E-state index contributed by atoms with van der Waals surface area (Å²) in [6, 6.07) is 19.8. The van der Waals surface area contributed by atoms with Crippen LogP contribution in [0, 0.1) is 0 Å². The number of carbonyl (C=O) groups excluding carboxylic acids is 2. The summed E-state index contributed by atoms with van der Waals surface area (Å²) in [7, 11) is 0. The van der Waals surface area contributed by atoms with Crippen LogP contribution >= 0.6 is 0 Å². The van der Waals surface area contributed by atoms with Gasteiger partial charge in [0, 0.05) is 58.2 Å². The summed E-state index contributed by atoms with van der Waals surface area (Å²) < 4.78 is 1.73. The van der Waals surface area contributed by atoms with Crippen LogP contribution in [0.15, 0.2) is 96.6 Å². The van der Waals surface area contributed by atoms with E-state index >= 15 is 0 Å². The molecule has 3 aromatic rings. The number of nitrogens with zero attached hydrogens (tertiary/aromatic N) is 3. The van der Waals surface area contributed by atoms with Crippen molar-refractivity contribution in [3.63, 3.8) is 0 Å². The second kappa shape index (κ2) is 12.6. The zero-order chi connectivity index (χ0) is 26.0.